The van der Waals surface area contributed by atoms with E-state index in [0.717, 1.165) is 12.8 Å². The Labute approximate surface area is 128 Å². The van der Waals surface area contributed by atoms with Crippen LogP contribution in [0.3, 0.4) is 0 Å². The van der Waals surface area contributed by atoms with Gasteiger partial charge in [-0.25, -0.2) is 0 Å². The van der Waals surface area contributed by atoms with Crippen LogP contribution in [0.5, 0.6) is 0 Å². The molecule has 1 aliphatic rings. The fourth-order valence-electron chi connectivity index (χ4n) is 2.12. The van der Waals surface area contributed by atoms with Gasteiger partial charge in [-0.1, -0.05) is 29.3 Å². The number of carbonyl (C=O) groups is 1. The summed E-state index contributed by atoms with van der Waals surface area (Å²) in [6.07, 6.45) is 1.08. The number of hydrogen-bond donors (Lipinski definition) is 2. The van der Waals surface area contributed by atoms with Crippen LogP contribution in [0.25, 0.3) is 0 Å². The van der Waals surface area contributed by atoms with Crippen LogP contribution < -0.4 is 5.32 Å². The number of benzene rings is 1. The third kappa shape index (κ3) is 4.09. The van der Waals surface area contributed by atoms with E-state index in [1.54, 1.807) is 18.2 Å². The molecule has 2 rings (SSSR count). The smallest absolute Gasteiger partial charge is 0.249 e. The number of nitrogens with one attached hydrogen (secondary N) is 1. The minimum absolute atomic E-state index is 0.108. The first-order valence-electron chi connectivity index (χ1n) is 6.60. The lowest BCUT2D eigenvalue weighted by Gasteiger charge is -2.14. The number of aliphatic hydroxyl groups excluding tert-OH is 1. The highest BCUT2D eigenvalue weighted by atomic mass is 35.5. The molecule has 0 aliphatic carbocycles. The van der Waals surface area contributed by atoms with Crippen molar-refractivity contribution in [2.45, 2.75) is 31.5 Å². The summed E-state index contributed by atoms with van der Waals surface area (Å²) in [6.45, 7) is 1.03. The summed E-state index contributed by atoms with van der Waals surface area (Å²) in [4.78, 5) is 11.7. The number of halogens is 2. The molecule has 0 aromatic heterocycles. The molecule has 4 nitrogen and oxygen atoms in total. The van der Waals surface area contributed by atoms with E-state index in [4.69, 9.17) is 27.9 Å². The van der Waals surface area contributed by atoms with Crippen molar-refractivity contribution in [2.75, 3.05) is 13.2 Å². The van der Waals surface area contributed by atoms with Gasteiger partial charge in [0.25, 0.3) is 0 Å². The molecule has 0 saturated carbocycles. The molecule has 1 aliphatic heterocycles. The van der Waals surface area contributed by atoms with Gasteiger partial charge in [0.1, 0.15) is 6.10 Å². The Morgan fingerprint density at radius 3 is 2.90 bits per heavy atom. The first-order valence-corrected chi connectivity index (χ1v) is 7.36. The molecular weight excluding hydrogens is 301 g/mol. The largest absolute Gasteiger partial charge is 0.388 e. The highest BCUT2D eigenvalue weighted by Gasteiger charge is 2.23. The van der Waals surface area contributed by atoms with E-state index in [-0.39, 0.29) is 12.0 Å². The first kappa shape index (κ1) is 15.6. The molecule has 20 heavy (non-hydrogen) atoms. The lowest BCUT2D eigenvalue weighted by molar-refractivity contribution is -0.130. The predicted octanol–water partition coefficient (Wildman–Crippen LogP) is 2.71. The van der Waals surface area contributed by atoms with E-state index in [1.165, 1.54) is 0 Å². The molecule has 1 saturated heterocycles. The first-order chi connectivity index (χ1) is 9.58. The van der Waals surface area contributed by atoms with Gasteiger partial charge < -0.3 is 15.2 Å². The zero-order valence-electron chi connectivity index (χ0n) is 10.9. The summed E-state index contributed by atoms with van der Waals surface area (Å²) >= 11 is 11.7. The molecule has 1 amide bonds. The monoisotopic (exact) mass is 317 g/mol. The number of carbonyl (C=O) groups excluding carboxylic acids is 1. The Morgan fingerprint density at radius 1 is 1.45 bits per heavy atom. The highest BCUT2D eigenvalue weighted by molar-refractivity contribution is 6.42. The van der Waals surface area contributed by atoms with E-state index in [1.807, 2.05) is 0 Å². The quantitative estimate of drug-likeness (QED) is 0.877. The Balaban J connectivity index is 1.78. The molecule has 1 fully saturated rings. The molecule has 110 valence electrons. The van der Waals surface area contributed by atoms with Gasteiger partial charge in [0.05, 0.1) is 16.1 Å². The molecule has 1 aromatic rings. The maximum Gasteiger partial charge on any atom is 0.249 e. The molecular formula is C14H17Cl2NO3. The minimum atomic E-state index is -0.686. The van der Waals surface area contributed by atoms with Crippen LogP contribution >= 0.6 is 23.2 Å². The van der Waals surface area contributed by atoms with Crippen LogP contribution in [0, 0.1) is 0 Å². The van der Waals surface area contributed by atoms with Gasteiger partial charge in [0.15, 0.2) is 0 Å². The summed E-state index contributed by atoms with van der Waals surface area (Å²) < 4.78 is 5.28. The molecule has 2 atom stereocenters. The van der Waals surface area contributed by atoms with E-state index in [9.17, 15) is 9.90 Å². The third-order valence-electron chi connectivity index (χ3n) is 3.27. The normalized spacial score (nSPS) is 19.9. The SMILES string of the molecule is O=C(NCC[C@H](O)c1ccc(Cl)c(Cl)c1)[C@@H]1CCCO1. The lowest BCUT2D eigenvalue weighted by Crippen LogP contribution is -2.35. The molecule has 1 heterocycles. The van der Waals surface area contributed by atoms with Gasteiger partial charge in [-0.05, 0) is 37.0 Å². The molecule has 2 N–H and O–H groups in total. The van der Waals surface area contributed by atoms with Crippen molar-refractivity contribution in [2.24, 2.45) is 0 Å². The summed E-state index contributed by atoms with van der Waals surface area (Å²) in [5.74, 6) is -0.108. The van der Waals surface area contributed by atoms with Gasteiger partial charge in [-0.15, -0.1) is 0 Å². The zero-order valence-corrected chi connectivity index (χ0v) is 12.5. The van der Waals surface area contributed by atoms with Crippen LogP contribution in [0.15, 0.2) is 18.2 Å². The molecule has 0 spiro atoms. The maximum absolute atomic E-state index is 11.7. The minimum Gasteiger partial charge on any atom is -0.388 e. The van der Waals surface area contributed by atoms with Gasteiger partial charge in [0, 0.05) is 13.2 Å². The molecule has 6 heteroatoms. The second kappa shape index (κ2) is 7.27. The maximum atomic E-state index is 11.7. The van der Waals surface area contributed by atoms with Crippen LogP contribution in [0.1, 0.15) is 30.9 Å². The third-order valence-corrected chi connectivity index (χ3v) is 4.01. The summed E-state index contributed by atoms with van der Waals surface area (Å²) in [7, 11) is 0. The van der Waals surface area contributed by atoms with Gasteiger partial charge in [-0.3, -0.25) is 4.79 Å². The molecule has 0 bridgehead atoms. The van der Waals surface area contributed by atoms with Crippen LogP contribution in [0.4, 0.5) is 0 Å². The van der Waals surface area contributed by atoms with E-state index >= 15 is 0 Å². The molecule has 0 unspecified atom stereocenters. The summed E-state index contributed by atoms with van der Waals surface area (Å²) in [5.41, 5.74) is 0.686. The van der Waals surface area contributed by atoms with E-state index in [0.29, 0.717) is 35.2 Å². The average molecular weight is 318 g/mol. The second-order valence-corrected chi connectivity index (χ2v) is 5.59. The number of ether oxygens (including phenoxy) is 1. The van der Waals surface area contributed by atoms with Crippen LogP contribution in [0.2, 0.25) is 10.0 Å². The fraction of sp³-hybridized carbons (Fsp3) is 0.500. The van der Waals surface area contributed by atoms with Crippen molar-refractivity contribution in [3.63, 3.8) is 0 Å². The second-order valence-electron chi connectivity index (χ2n) is 4.77. The number of amides is 1. The van der Waals surface area contributed by atoms with Crippen LogP contribution in [-0.4, -0.2) is 30.3 Å². The fourth-order valence-corrected chi connectivity index (χ4v) is 2.42. The molecule has 1 aromatic carbocycles. The van der Waals surface area contributed by atoms with Crippen LogP contribution in [-0.2, 0) is 9.53 Å². The topological polar surface area (TPSA) is 58.6 Å². The lowest BCUT2D eigenvalue weighted by atomic mass is 10.1. The number of rotatable bonds is 5. The Morgan fingerprint density at radius 2 is 2.25 bits per heavy atom. The average Bonchev–Trinajstić information content (AvgIpc) is 2.95. The van der Waals surface area contributed by atoms with Gasteiger partial charge in [-0.2, -0.15) is 0 Å². The molecule has 0 radical (unpaired) electrons. The van der Waals surface area contributed by atoms with E-state index in [2.05, 4.69) is 5.32 Å². The van der Waals surface area contributed by atoms with Gasteiger partial charge in [0.2, 0.25) is 5.91 Å². The van der Waals surface area contributed by atoms with Crippen molar-refractivity contribution >= 4 is 29.1 Å². The predicted molar refractivity (Wildman–Crippen MR) is 78.0 cm³/mol. The van der Waals surface area contributed by atoms with Crippen molar-refractivity contribution < 1.29 is 14.6 Å². The van der Waals surface area contributed by atoms with Crippen molar-refractivity contribution in [3.05, 3.63) is 33.8 Å². The standard InChI is InChI=1S/C14H17Cl2NO3/c15-10-4-3-9(8-11(10)16)12(18)5-6-17-14(19)13-2-1-7-20-13/h3-4,8,12-13,18H,1-2,5-7H2,(H,17,19)/t12-,13-/m0/s1. The van der Waals surface area contributed by atoms with Crippen molar-refractivity contribution in [1.29, 1.82) is 0 Å². The summed E-state index contributed by atoms with van der Waals surface area (Å²) in [5, 5.41) is 13.7. The van der Waals surface area contributed by atoms with Gasteiger partial charge >= 0.3 is 0 Å². The zero-order chi connectivity index (χ0) is 14.5. The summed E-state index contributed by atoms with van der Waals surface area (Å²) in [6, 6.07) is 5.00. The Bertz CT molecular complexity index is 475. The van der Waals surface area contributed by atoms with Crippen molar-refractivity contribution in [1.82, 2.24) is 5.32 Å². The Kier molecular flexibility index (Phi) is 5.66. The van der Waals surface area contributed by atoms with E-state index < -0.39 is 6.10 Å². The Hall–Kier alpha value is -0.810. The number of aliphatic hydroxyl groups is 1. The van der Waals surface area contributed by atoms with Crippen molar-refractivity contribution in [3.8, 4) is 0 Å². The highest BCUT2D eigenvalue weighted by Crippen LogP contribution is 2.26. The number of hydrogen-bond acceptors (Lipinski definition) is 3.